The van der Waals surface area contributed by atoms with Gasteiger partial charge in [-0.3, -0.25) is 5.32 Å². The van der Waals surface area contributed by atoms with E-state index in [1.54, 1.807) is 0 Å². The van der Waals surface area contributed by atoms with Crippen LogP contribution < -0.4 is 5.32 Å². The summed E-state index contributed by atoms with van der Waals surface area (Å²) in [6.45, 7) is 6.81. The number of hydrogen-bond acceptors (Lipinski definition) is 2. The quantitative estimate of drug-likeness (QED) is 0.547. The maximum Gasteiger partial charge on any atom is 0.0935 e. The number of aliphatic hydroxyl groups is 1. The molecule has 0 saturated carbocycles. The molecule has 0 aromatic carbocycles. The fourth-order valence-electron chi connectivity index (χ4n) is 2.32. The van der Waals surface area contributed by atoms with Crippen molar-refractivity contribution in [3.05, 3.63) is 0 Å². The summed E-state index contributed by atoms with van der Waals surface area (Å²) < 4.78 is 0. The molecule has 0 aliphatic carbocycles. The van der Waals surface area contributed by atoms with Gasteiger partial charge in [0.15, 0.2) is 0 Å². The third kappa shape index (κ3) is 6.16. The molecule has 0 heterocycles. The summed E-state index contributed by atoms with van der Waals surface area (Å²) in [5, 5.41) is 12.4. The van der Waals surface area contributed by atoms with Gasteiger partial charge in [-0.15, -0.1) is 0 Å². The van der Waals surface area contributed by atoms with Gasteiger partial charge in [-0.2, -0.15) is 0 Å². The Kier molecular flexibility index (Phi) is 9.12. The summed E-state index contributed by atoms with van der Waals surface area (Å²) in [5.74, 6) is 0. The van der Waals surface area contributed by atoms with Crippen LogP contribution in [0.3, 0.4) is 0 Å². The van der Waals surface area contributed by atoms with E-state index < -0.39 is 0 Å². The van der Waals surface area contributed by atoms with Crippen molar-refractivity contribution < 1.29 is 5.11 Å². The topological polar surface area (TPSA) is 32.3 Å². The molecule has 0 aromatic rings. The van der Waals surface area contributed by atoms with Crippen LogP contribution in [0.1, 0.15) is 72.1 Å². The molecule has 0 saturated heterocycles. The molecule has 0 fully saturated rings. The predicted molar refractivity (Wildman–Crippen MR) is 66.9 cm³/mol. The molecule has 2 heteroatoms. The number of rotatable bonds is 10. The maximum absolute atomic E-state index is 9.12. The highest BCUT2D eigenvalue weighted by Crippen LogP contribution is 2.26. The van der Waals surface area contributed by atoms with Crippen LogP contribution in [0.15, 0.2) is 0 Å². The Morgan fingerprint density at radius 2 is 1.40 bits per heavy atom. The van der Waals surface area contributed by atoms with Gasteiger partial charge >= 0.3 is 0 Å². The summed E-state index contributed by atoms with van der Waals surface area (Å²) in [5.41, 5.74) is 0.204. The Bertz CT molecular complexity index is 120. The standard InChI is InChI=1S/C13H29NO/c1-4-7-10-13(9-6-3,14-12-15)11-8-5-2/h14-15H,4-12H2,1-3H3. The van der Waals surface area contributed by atoms with Crippen molar-refractivity contribution in [1.82, 2.24) is 5.32 Å². The normalized spacial score (nSPS) is 12.0. The lowest BCUT2D eigenvalue weighted by atomic mass is 9.83. The summed E-state index contributed by atoms with van der Waals surface area (Å²) >= 11 is 0. The zero-order valence-corrected chi connectivity index (χ0v) is 10.8. The molecular weight excluding hydrogens is 186 g/mol. The summed E-state index contributed by atoms with van der Waals surface area (Å²) in [7, 11) is 0. The largest absolute Gasteiger partial charge is 0.381 e. The van der Waals surface area contributed by atoms with Crippen molar-refractivity contribution in [3.63, 3.8) is 0 Å². The summed E-state index contributed by atoms with van der Waals surface area (Å²) in [6, 6.07) is 0. The summed E-state index contributed by atoms with van der Waals surface area (Å²) in [6.07, 6.45) is 9.80. The molecule has 0 spiro atoms. The zero-order chi connectivity index (χ0) is 11.6. The van der Waals surface area contributed by atoms with Crippen LogP contribution >= 0.6 is 0 Å². The first-order chi connectivity index (χ1) is 7.24. The molecule has 0 aliphatic rings. The predicted octanol–water partition coefficient (Wildman–Crippen LogP) is 3.45. The molecule has 0 unspecified atom stereocenters. The monoisotopic (exact) mass is 215 g/mol. The van der Waals surface area contributed by atoms with E-state index in [-0.39, 0.29) is 12.3 Å². The molecular formula is C13H29NO. The number of nitrogens with one attached hydrogen (secondary N) is 1. The van der Waals surface area contributed by atoms with Crippen LogP contribution in [0.2, 0.25) is 0 Å². The smallest absolute Gasteiger partial charge is 0.0935 e. The second-order valence-corrected chi connectivity index (χ2v) is 4.57. The first-order valence-corrected chi connectivity index (χ1v) is 6.60. The van der Waals surface area contributed by atoms with Gasteiger partial charge in [0.1, 0.15) is 0 Å². The van der Waals surface area contributed by atoms with E-state index in [9.17, 15) is 0 Å². The van der Waals surface area contributed by atoms with Crippen LogP contribution in [0, 0.1) is 0 Å². The molecule has 0 aromatic heterocycles. The fraction of sp³-hybridized carbons (Fsp3) is 1.00. The van der Waals surface area contributed by atoms with Gasteiger partial charge in [-0.25, -0.2) is 0 Å². The third-order valence-corrected chi connectivity index (χ3v) is 3.20. The van der Waals surface area contributed by atoms with Gasteiger partial charge in [-0.1, -0.05) is 52.9 Å². The lowest BCUT2D eigenvalue weighted by molar-refractivity contribution is 0.160. The first kappa shape index (κ1) is 14.9. The van der Waals surface area contributed by atoms with E-state index in [1.807, 2.05) is 0 Å². The Morgan fingerprint density at radius 3 is 1.73 bits per heavy atom. The maximum atomic E-state index is 9.12. The molecule has 0 atom stereocenters. The van der Waals surface area contributed by atoms with E-state index in [2.05, 4.69) is 26.1 Å². The average Bonchev–Trinajstić information content (AvgIpc) is 2.24. The molecule has 2 nitrogen and oxygen atoms in total. The molecule has 0 aliphatic heterocycles. The molecule has 15 heavy (non-hydrogen) atoms. The lowest BCUT2D eigenvalue weighted by Gasteiger charge is -2.34. The molecule has 0 amide bonds. The second kappa shape index (κ2) is 9.17. The molecule has 92 valence electrons. The van der Waals surface area contributed by atoms with Crippen LogP contribution in [-0.2, 0) is 0 Å². The van der Waals surface area contributed by atoms with Crippen molar-refractivity contribution in [3.8, 4) is 0 Å². The minimum Gasteiger partial charge on any atom is -0.381 e. The molecule has 2 N–H and O–H groups in total. The van der Waals surface area contributed by atoms with E-state index in [0.29, 0.717) is 0 Å². The van der Waals surface area contributed by atoms with Gasteiger partial charge in [0.2, 0.25) is 0 Å². The zero-order valence-electron chi connectivity index (χ0n) is 10.8. The fourth-order valence-corrected chi connectivity index (χ4v) is 2.32. The highest BCUT2D eigenvalue weighted by molar-refractivity contribution is 4.86. The summed E-state index contributed by atoms with van der Waals surface area (Å²) in [4.78, 5) is 0. The van der Waals surface area contributed by atoms with Gasteiger partial charge in [0, 0.05) is 5.54 Å². The van der Waals surface area contributed by atoms with Crippen LogP contribution in [0.5, 0.6) is 0 Å². The van der Waals surface area contributed by atoms with Gasteiger partial charge in [-0.05, 0) is 19.3 Å². The Balaban J connectivity index is 4.26. The minimum atomic E-state index is 0.118. The SMILES string of the molecule is CCCCC(CCC)(CCCC)NCO. The van der Waals surface area contributed by atoms with Crippen LogP contribution in [0.25, 0.3) is 0 Å². The van der Waals surface area contributed by atoms with E-state index in [0.717, 1.165) is 0 Å². The Labute approximate surface area is 95.5 Å². The van der Waals surface area contributed by atoms with Crippen LogP contribution in [0.4, 0.5) is 0 Å². The molecule has 0 radical (unpaired) electrons. The number of unbranched alkanes of at least 4 members (excludes halogenated alkanes) is 2. The number of hydrogen-bond donors (Lipinski definition) is 2. The van der Waals surface area contributed by atoms with Crippen molar-refractivity contribution in [1.29, 1.82) is 0 Å². The van der Waals surface area contributed by atoms with Crippen molar-refractivity contribution in [2.45, 2.75) is 77.7 Å². The van der Waals surface area contributed by atoms with Gasteiger partial charge in [0.05, 0.1) is 6.73 Å². The minimum absolute atomic E-state index is 0.118. The first-order valence-electron chi connectivity index (χ1n) is 6.60. The van der Waals surface area contributed by atoms with E-state index >= 15 is 0 Å². The highest BCUT2D eigenvalue weighted by atomic mass is 16.3. The lowest BCUT2D eigenvalue weighted by Crippen LogP contribution is -2.45. The second-order valence-electron chi connectivity index (χ2n) is 4.57. The van der Waals surface area contributed by atoms with Crippen LogP contribution in [-0.4, -0.2) is 17.4 Å². The number of aliphatic hydroxyl groups excluding tert-OH is 1. The van der Waals surface area contributed by atoms with Crippen molar-refractivity contribution in [2.75, 3.05) is 6.73 Å². The third-order valence-electron chi connectivity index (χ3n) is 3.20. The van der Waals surface area contributed by atoms with E-state index in [1.165, 1.54) is 51.4 Å². The van der Waals surface area contributed by atoms with Crippen molar-refractivity contribution >= 4 is 0 Å². The molecule has 0 bridgehead atoms. The molecule has 0 rings (SSSR count). The Morgan fingerprint density at radius 1 is 0.867 bits per heavy atom. The Hall–Kier alpha value is -0.0800. The van der Waals surface area contributed by atoms with Gasteiger partial charge in [0.25, 0.3) is 0 Å². The van der Waals surface area contributed by atoms with E-state index in [4.69, 9.17) is 5.11 Å². The van der Waals surface area contributed by atoms with Gasteiger partial charge < -0.3 is 5.11 Å². The average molecular weight is 215 g/mol. The highest BCUT2D eigenvalue weighted by Gasteiger charge is 2.26. The van der Waals surface area contributed by atoms with Crippen molar-refractivity contribution in [2.24, 2.45) is 0 Å².